The van der Waals surface area contributed by atoms with Crippen molar-refractivity contribution in [2.75, 3.05) is 18.1 Å². The van der Waals surface area contributed by atoms with Gasteiger partial charge in [-0.05, 0) is 31.9 Å². The second-order valence-electron chi connectivity index (χ2n) is 4.11. The third kappa shape index (κ3) is 2.43. The molecule has 1 aliphatic heterocycles. The van der Waals surface area contributed by atoms with Crippen molar-refractivity contribution < 1.29 is 9.53 Å². The molecule has 0 N–H and O–H groups in total. The van der Waals surface area contributed by atoms with Crippen LogP contribution in [0.5, 0.6) is 0 Å². The molecule has 1 aliphatic rings. The fourth-order valence-electron chi connectivity index (χ4n) is 2.22. The first kappa shape index (κ1) is 12.4. The van der Waals surface area contributed by atoms with E-state index >= 15 is 0 Å². The number of rotatable bonds is 3. The number of carbonyl (C=O) groups excluding carboxylic acids is 1. The number of anilines is 1. The highest BCUT2D eigenvalue weighted by molar-refractivity contribution is 5.80. The molecule has 1 aromatic heterocycles. The summed E-state index contributed by atoms with van der Waals surface area (Å²) in [5.41, 5.74) is 1.22. The highest BCUT2D eigenvalue weighted by Gasteiger charge is 2.32. The quantitative estimate of drug-likeness (QED) is 0.755. The van der Waals surface area contributed by atoms with Crippen molar-refractivity contribution >= 4 is 11.7 Å². The number of aromatic nitrogens is 1. The van der Waals surface area contributed by atoms with Gasteiger partial charge in [0.15, 0.2) is 0 Å². The first-order valence-corrected chi connectivity index (χ1v) is 6.05. The SMILES string of the molecule is CCOC(=O)C1CCCN1c1ccnc(C#N)c1. The van der Waals surface area contributed by atoms with Gasteiger partial charge in [-0.1, -0.05) is 0 Å². The molecule has 0 saturated carbocycles. The van der Waals surface area contributed by atoms with Crippen LogP contribution >= 0.6 is 0 Å². The fourth-order valence-corrected chi connectivity index (χ4v) is 2.22. The molecule has 0 aliphatic carbocycles. The Hall–Kier alpha value is -2.09. The predicted molar refractivity (Wildman–Crippen MR) is 66.0 cm³/mol. The summed E-state index contributed by atoms with van der Waals surface area (Å²) >= 11 is 0. The second kappa shape index (κ2) is 5.50. The number of carbonyl (C=O) groups is 1. The summed E-state index contributed by atoms with van der Waals surface area (Å²) in [6.07, 6.45) is 3.34. The Morgan fingerprint density at radius 3 is 3.28 bits per heavy atom. The molecule has 0 radical (unpaired) electrons. The minimum absolute atomic E-state index is 0.190. The van der Waals surface area contributed by atoms with Gasteiger partial charge < -0.3 is 9.64 Å². The maximum absolute atomic E-state index is 11.8. The third-order valence-corrected chi connectivity index (χ3v) is 3.00. The van der Waals surface area contributed by atoms with Crippen molar-refractivity contribution in [2.24, 2.45) is 0 Å². The van der Waals surface area contributed by atoms with Crippen molar-refractivity contribution in [3.05, 3.63) is 24.0 Å². The molecule has 1 atom stereocenters. The van der Waals surface area contributed by atoms with Crippen LogP contribution in [0.1, 0.15) is 25.5 Å². The predicted octanol–water partition coefficient (Wildman–Crippen LogP) is 1.49. The lowest BCUT2D eigenvalue weighted by Crippen LogP contribution is -2.37. The molecule has 5 nitrogen and oxygen atoms in total. The molecule has 1 saturated heterocycles. The van der Waals surface area contributed by atoms with Crippen LogP contribution in [0, 0.1) is 11.3 Å². The number of hydrogen-bond acceptors (Lipinski definition) is 5. The summed E-state index contributed by atoms with van der Waals surface area (Å²) < 4.78 is 5.07. The smallest absolute Gasteiger partial charge is 0.328 e. The Bertz CT molecular complexity index is 481. The van der Waals surface area contributed by atoms with Gasteiger partial charge in [0.2, 0.25) is 0 Å². The van der Waals surface area contributed by atoms with Crippen LogP contribution in [0.25, 0.3) is 0 Å². The van der Waals surface area contributed by atoms with Crippen molar-refractivity contribution in [2.45, 2.75) is 25.8 Å². The fraction of sp³-hybridized carbons (Fsp3) is 0.462. The monoisotopic (exact) mass is 245 g/mol. The highest BCUT2D eigenvalue weighted by Crippen LogP contribution is 2.26. The third-order valence-electron chi connectivity index (χ3n) is 3.00. The lowest BCUT2D eigenvalue weighted by atomic mass is 10.2. The van der Waals surface area contributed by atoms with Gasteiger partial charge >= 0.3 is 5.97 Å². The van der Waals surface area contributed by atoms with Crippen molar-refractivity contribution in [3.63, 3.8) is 0 Å². The van der Waals surface area contributed by atoms with E-state index in [0.29, 0.717) is 12.3 Å². The Morgan fingerprint density at radius 1 is 1.72 bits per heavy atom. The maximum Gasteiger partial charge on any atom is 0.328 e. The Labute approximate surface area is 106 Å². The van der Waals surface area contributed by atoms with Gasteiger partial charge in [0.25, 0.3) is 0 Å². The van der Waals surface area contributed by atoms with Crippen LogP contribution in [-0.4, -0.2) is 30.1 Å². The molecule has 2 rings (SSSR count). The average molecular weight is 245 g/mol. The van der Waals surface area contributed by atoms with Gasteiger partial charge in [-0.25, -0.2) is 9.78 Å². The lowest BCUT2D eigenvalue weighted by molar-refractivity contribution is -0.144. The minimum Gasteiger partial charge on any atom is -0.464 e. The number of nitrogens with zero attached hydrogens (tertiary/aromatic N) is 3. The maximum atomic E-state index is 11.8. The molecule has 0 spiro atoms. The Morgan fingerprint density at radius 2 is 2.56 bits per heavy atom. The zero-order chi connectivity index (χ0) is 13.0. The zero-order valence-electron chi connectivity index (χ0n) is 10.3. The molecular weight excluding hydrogens is 230 g/mol. The van der Waals surface area contributed by atoms with Crippen LogP contribution in [0.15, 0.2) is 18.3 Å². The first-order valence-electron chi connectivity index (χ1n) is 6.05. The summed E-state index contributed by atoms with van der Waals surface area (Å²) in [5.74, 6) is -0.190. The van der Waals surface area contributed by atoms with Gasteiger partial charge in [0.05, 0.1) is 6.61 Å². The summed E-state index contributed by atoms with van der Waals surface area (Å²) in [6, 6.07) is 5.29. The molecule has 1 fully saturated rings. The average Bonchev–Trinajstić information content (AvgIpc) is 2.88. The molecule has 0 amide bonds. The molecular formula is C13H15N3O2. The van der Waals surface area contributed by atoms with Crippen molar-refractivity contribution in [1.29, 1.82) is 5.26 Å². The van der Waals surface area contributed by atoms with Crippen LogP contribution in [0.2, 0.25) is 0 Å². The molecule has 1 aromatic rings. The van der Waals surface area contributed by atoms with Crippen LogP contribution in [0.3, 0.4) is 0 Å². The minimum atomic E-state index is -0.237. The molecule has 1 unspecified atom stereocenters. The van der Waals surface area contributed by atoms with E-state index in [1.165, 1.54) is 0 Å². The van der Waals surface area contributed by atoms with Gasteiger partial charge in [-0.2, -0.15) is 5.26 Å². The van der Waals surface area contributed by atoms with Crippen LogP contribution < -0.4 is 4.90 Å². The Kier molecular flexibility index (Phi) is 3.78. The molecule has 0 aromatic carbocycles. The van der Waals surface area contributed by atoms with Gasteiger partial charge in [-0.3, -0.25) is 0 Å². The number of ether oxygens (including phenoxy) is 1. The molecule has 5 heteroatoms. The van der Waals surface area contributed by atoms with Crippen molar-refractivity contribution in [1.82, 2.24) is 4.98 Å². The molecule has 2 heterocycles. The molecule has 0 bridgehead atoms. The molecule has 18 heavy (non-hydrogen) atoms. The highest BCUT2D eigenvalue weighted by atomic mass is 16.5. The number of hydrogen-bond donors (Lipinski definition) is 0. The standard InChI is InChI=1S/C13H15N3O2/c1-2-18-13(17)12-4-3-7-16(12)11-5-6-15-10(8-11)9-14/h5-6,8,12H,2-4,7H2,1H3. The number of pyridine rings is 1. The van der Waals surface area contributed by atoms with Gasteiger partial charge in [0.1, 0.15) is 17.8 Å². The van der Waals surface area contributed by atoms with Crippen molar-refractivity contribution in [3.8, 4) is 6.07 Å². The first-order chi connectivity index (χ1) is 8.76. The zero-order valence-corrected chi connectivity index (χ0v) is 10.3. The summed E-state index contributed by atoms with van der Waals surface area (Å²) in [4.78, 5) is 17.8. The van der Waals surface area contributed by atoms with E-state index in [-0.39, 0.29) is 12.0 Å². The number of esters is 1. The topological polar surface area (TPSA) is 66.2 Å². The van der Waals surface area contributed by atoms with E-state index in [2.05, 4.69) is 4.98 Å². The van der Waals surface area contributed by atoms with E-state index in [9.17, 15) is 4.79 Å². The lowest BCUT2D eigenvalue weighted by Gasteiger charge is -2.25. The second-order valence-corrected chi connectivity index (χ2v) is 4.11. The summed E-state index contributed by atoms with van der Waals surface area (Å²) in [6.45, 7) is 3.00. The van der Waals surface area contributed by atoms with E-state index in [1.54, 1.807) is 19.2 Å². The normalized spacial score (nSPS) is 18.4. The largest absolute Gasteiger partial charge is 0.464 e. The van der Waals surface area contributed by atoms with E-state index in [0.717, 1.165) is 25.1 Å². The number of nitriles is 1. The summed E-state index contributed by atoms with van der Waals surface area (Å²) in [7, 11) is 0. The molecule has 94 valence electrons. The van der Waals surface area contributed by atoms with E-state index in [4.69, 9.17) is 10.00 Å². The van der Waals surface area contributed by atoms with Gasteiger partial charge in [-0.15, -0.1) is 0 Å². The Balaban J connectivity index is 2.20. The van der Waals surface area contributed by atoms with Crippen LogP contribution in [-0.2, 0) is 9.53 Å². The summed E-state index contributed by atoms with van der Waals surface area (Å²) in [5, 5.41) is 8.84. The van der Waals surface area contributed by atoms with E-state index < -0.39 is 0 Å². The van der Waals surface area contributed by atoms with E-state index in [1.807, 2.05) is 17.0 Å². The van der Waals surface area contributed by atoms with Crippen LogP contribution in [0.4, 0.5) is 5.69 Å². The van der Waals surface area contributed by atoms with Gasteiger partial charge in [0, 0.05) is 18.4 Å².